The van der Waals surface area contributed by atoms with Crippen LogP contribution in [0.25, 0.3) is 0 Å². The van der Waals surface area contributed by atoms with E-state index in [4.69, 9.17) is 12.6 Å². The first-order valence-electron chi connectivity index (χ1n) is 5.43. The quantitative estimate of drug-likeness (QED) is 0.488. The molecule has 0 saturated carbocycles. The minimum atomic E-state index is 0.949. The SMILES string of the molecule is CCCCCC(CC)CCC[S]. The molecule has 0 saturated heterocycles. The highest BCUT2D eigenvalue weighted by Crippen LogP contribution is 2.18. The predicted molar refractivity (Wildman–Crippen MR) is 59.6 cm³/mol. The Hall–Kier alpha value is 0.350. The summed E-state index contributed by atoms with van der Waals surface area (Å²) in [5.41, 5.74) is 0. The maximum absolute atomic E-state index is 4.95. The summed E-state index contributed by atoms with van der Waals surface area (Å²) < 4.78 is 0. The van der Waals surface area contributed by atoms with E-state index in [0.29, 0.717) is 0 Å². The molecular weight excluding hydrogens is 164 g/mol. The molecule has 1 unspecified atom stereocenters. The maximum Gasteiger partial charge on any atom is 0.00370 e. The average molecular weight is 187 g/mol. The summed E-state index contributed by atoms with van der Waals surface area (Å²) in [5, 5.41) is 0. The van der Waals surface area contributed by atoms with E-state index < -0.39 is 0 Å². The van der Waals surface area contributed by atoms with E-state index >= 15 is 0 Å². The van der Waals surface area contributed by atoms with E-state index in [2.05, 4.69) is 13.8 Å². The standard InChI is InChI=1S/C11H23S/c1-3-5-6-8-11(4-2)9-7-10-12/h11H,3-10H2,1-2H3. The molecule has 0 aromatic heterocycles. The molecular formula is C11H23S. The molecule has 0 aliphatic heterocycles. The molecule has 0 amide bonds. The van der Waals surface area contributed by atoms with Gasteiger partial charge in [0.2, 0.25) is 0 Å². The molecule has 0 aliphatic carbocycles. The van der Waals surface area contributed by atoms with E-state index in [-0.39, 0.29) is 0 Å². The van der Waals surface area contributed by atoms with Crippen molar-refractivity contribution < 1.29 is 0 Å². The first kappa shape index (κ1) is 12.3. The van der Waals surface area contributed by atoms with E-state index in [1.54, 1.807) is 0 Å². The zero-order chi connectivity index (χ0) is 9.23. The van der Waals surface area contributed by atoms with Crippen LogP contribution in [-0.4, -0.2) is 5.75 Å². The van der Waals surface area contributed by atoms with E-state index in [9.17, 15) is 0 Å². The molecule has 0 bridgehead atoms. The number of rotatable bonds is 8. The Labute approximate surface area is 83.5 Å². The van der Waals surface area contributed by atoms with Crippen molar-refractivity contribution in [3.63, 3.8) is 0 Å². The fraction of sp³-hybridized carbons (Fsp3) is 1.00. The molecule has 0 aromatic rings. The summed E-state index contributed by atoms with van der Waals surface area (Å²) in [5.74, 6) is 1.91. The lowest BCUT2D eigenvalue weighted by atomic mass is 9.94. The van der Waals surface area contributed by atoms with E-state index in [1.165, 1.54) is 44.9 Å². The van der Waals surface area contributed by atoms with Crippen LogP contribution in [-0.2, 0) is 0 Å². The van der Waals surface area contributed by atoms with Crippen LogP contribution in [0.5, 0.6) is 0 Å². The van der Waals surface area contributed by atoms with Gasteiger partial charge in [0.15, 0.2) is 0 Å². The molecule has 1 atom stereocenters. The zero-order valence-electron chi connectivity index (χ0n) is 8.64. The lowest BCUT2D eigenvalue weighted by Crippen LogP contribution is -1.99. The van der Waals surface area contributed by atoms with Crippen LogP contribution in [0.3, 0.4) is 0 Å². The monoisotopic (exact) mass is 187 g/mol. The van der Waals surface area contributed by atoms with Crippen molar-refractivity contribution in [3.8, 4) is 0 Å². The lowest BCUT2D eigenvalue weighted by molar-refractivity contribution is 0.414. The number of hydrogen-bond acceptors (Lipinski definition) is 0. The summed E-state index contributed by atoms with van der Waals surface area (Å²) in [4.78, 5) is 0. The van der Waals surface area contributed by atoms with Gasteiger partial charge in [-0.05, 0) is 18.8 Å². The van der Waals surface area contributed by atoms with Crippen molar-refractivity contribution in [1.29, 1.82) is 0 Å². The summed E-state index contributed by atoms with van der Waals surface area (Å²) in [6, 6.07) is 0. The van der Waals surface area contributed by atoms with Crippen molar-refractivity contribution in [3.05, 3.63) is 0 Å². The van der Waals surface area contributed by atoms with Gasteiger partial charge in [-0.25, -0.2) is 0 Å². The minimum Gasteiger partial charge on any atom is -0.0942 e. The molecule has 1 heteroatoms. The summed E-state index contributed by atoms with van der Waals surface area (Å²) in [6.45, 7) is 4.57. The average Bonchev–Trinajstić information content (AvgIpc) is 2.11. The van der Waals surface area contributed by atoms with Crippen molar-refractivity contribution in [2.75, 3.05) is 5.75 Å². The van der Waals surface area contributed by atoms with E-state index in [0.717, 1.165) is 11.7 Å². The van der Waals surface area contributed by atoms with Gasteiger partial charge in [0, 0.05) is 5.75 Å². The number of hydrogen-bond donors (Lipinski definition) is 0. The smallest absolute Gasteiger partial charge is 0.00370 e. The van der Waals surface area contributed by atoms with Crippen LogP contribution in [0.15, 0.2) is 0 Å². The van der Waals surface area contributed by atoms with Crippen molar-refractivity contribution in [2.45, 2.75) is 58.8 Å². The van der Waals surface area contributed by atoms with Gasteiger partial charge in [0.05, 0.1) is 0 Å². The largest absolute Gasteiger partial charge is 0.0942 e. The zero-order valence-corrected chi connectivity index (χ0v) is 9.46. The Morgan fingerprint density at radius 3 is 2.17 bits per heavy atom. The van der Waals surface area contributed by atoms with Crippen LogP contribution in [0.1, 0.15) is 58.8 Å². The molecule has 73 valence electrons. The molecule has 0 N–H and O–H groups in total. The van der Waals surface area contributed by atoms with Gasteiger partial charge in [0.1, 0.15) is 0 Å². The molecule has 0 nitrogen and oxygen atoms in total. The van der Waals surface area contributed by atoms with Crippen LogP contribution < -0.4 is 0 Å². The Kier molecular flexibility index (Phi) is 9.71. The van der Waals surface area contributed by atoms with Gasteiger partial charge in [-0.1, -0.05) is 58.6 Å². The first-order valence-corrected chi connectivity index (χ1v) is 6.00. The third-order valence-electron chi connectivity index (χ3n) is 2.55. The van der Waals surface area contributed by atoms with Gasteiger partial charge in [0.25, 0.3) is 0 Å². The molecule has 0 aromatic carbocycles. The lowest BCUT2D eigenvalue weighted by Gasteiger charge is -2.13. The summed E-state index contributed by atoms with van der Waals surface area (Å²) >= 11 is 4.95. The Bertz CT molecular complexity index is 81.1. The third-order valence-corrected chi connectivity index (χ3v) is 2.84. The molecule has 0 spiro atoms. The van der Waals surface area contributed by atoms with Crippen LogP contribution in [0.4, 0.5) is 0 Å². The minimum absolute atomic E-state index is 0.949. The van der Waals surface area contributed by atoms with Gasteiger partial charge in [-0.2, -0.15) is 0 Å². The van der Waals surface area contributed by atoms with Crippen LogP contribution >= 0.6 is 12.6 Å². The second-order valence-electron chi connectivity index (χ2n) is 3.62. The third kappa shape index (κ3) is 7.02. The first-order chi connectivity index (χ1) is 5.85. The maximum atomic E-state index is 4.95. The molecule has 12 heavy (non-hydrogen) atoms. The summed E-state index contributed by atoms with van der Waals surface area (Å²) in [7, 11) is 0. The highest BCUT2D eigenvalue weighted by atomic mass is 32.1. The molecule has 0 heterocycles. The highest BCUT2D eigenvalue weighted by Gasteiger charge is 2.04. The topological polar surface area (TPSA) is 0 Å². The van der Waals surface area contributed by atoms with E-state index in [1.807, 2.05) is 0 Å². The molecule has 0 fully saturated rings. The Morgan fingerprint density at radius 2 is 1.67 bits per heavy atom. The second-order valence-corrected chi connectivity index (χ2v) is 4.02. The fourth-order valence-corrected chi connectivity index (χ4v) is 1.77. The molecule has 1 radical (unpaired) electrons. The van der Waals surface area contributed by atoms with Crippen molar-refractivity contribution in [2.24, 2.45) is 5.92 Å². The number of unbranched alkanes of at least 4 members (excludes halogenated alkanes) is 2. The Balaban J connectivity index is 3.26. The fourth-order valence-electron chi connectivity index (χ4n) is 1.61. The molecule has 0 aliphatic rings. The van der Waals surface area contributed by atoms with Crippen LogP contribution in [0, 0.1) is 5.92 Å². The Morgan fingerprint density at radius 1 is 1.00 bits per heavy atom. The highest BCUT2D eigenvalue weighted by molar-refractivity contribution is 7.80. The van der Waals surface area contributed by atoms with Gasteiger partial charge < -0.3 is 0 Å². The normalized spacial score (nSPS) is 13.2. The van der Waals surface area contributed by atoms with Crippen LogP contribution in [0.2, 0.25) is 0 Å². The predicted octanol–water partition coefficient (Wildman–Crippen LogP) is 4.57. The van der Waals surface area contributed by atoms with Gasteiger partial charge in [-0.3, -0.25) is 0 Å². The molecule has 0 rings (SSSR count). The second kappa shape index (κ2) is 9.44. The summed E-state index contributed by atoms with van der Waals surface area (Å²) in [6.07, 6.45) is 9.57. The van der Waals surface area contributed by atoms with Crippen molar-refractivity contribution >= 4 is 12.6 Å². The van der Waals surface area contributed by atoms with Gasteiger partial charge in [-0.15, -0.1) is 0 Å². The van der Waals surface area contributed by atoms with Crippen molar-refractivity contribution in [1.82, 2.24) is 0 Å². The van der Waals surface area contributed by atoms with Gasteiger partial charge >= 0.3 is 0 Å².